The average molecular weight is 598 g/mol. The zero-order chi connectivity index (χ0) is 30.8. The second-order valence-corrected chi connectivity index (χ2v) is 12.1. The number of aryl methyl sites for hydroxylation is 2. The third-order valence-electron chi connectivity index (χ3n) is 9.22. The number of carboxylic acids is 1. The first-order valence-corrected chi connectivity index (χ1v) is 15.6. The Balaban J connectivity index is 1.32. The Morgan fingerprint density at radius 2 is 1.98 bits per heavy atom. The van der Waals surface area contributed by atoms with Crippen molar-refractivity contribution in [1.82, 2.24) is 9.47 Å². The minimum absolute atomic E-state index is 0.0451. The lowest BCUT2D eigenvalue weighted by molar-refractivity contribution is -0.670. The number of likely N-dealkylation sites (tertiary alicyclic amines) is 1. The van der Waals surface area contributed by atoms with E-state index >= 15 is 0 Å². The van der Waals surface area contributed by atoms with E-state index in [2.05, 4.69) is 17.9 Å². The Kier molecular flexibility index (Phi) is 8.57. The van der Waals surface area contributed by atoms with Crippen LogP contribution in [0, 0.1) is 5.92 Å². The summed E-state index contributed by atoms with van der Waals surface area (Å²) in [5.74, 6) is -0.880. The molecule has 4 heterocycles. The van der Waals surface area contributed by atoms with Crippen LogP contribution in [0.2, 0.25) is 0 Å². The lowest BCUT2D eigenvalue weighted by atomic mass is 9.83. The SMILES string of the molecule is CCCCN(C(=O)CN1C[C@H](c2ccc3c(c2)CCO3)C(C(=O)O)[C@@H]1CCn1cc2ccccc2c1O)c1ccc[n+](C)c1. The van der Waals surface area contributed by atoms with Gasteiger partial charge in [-0.2, -0.15) is 0 Å². The molecule has 1 fully saturated rings. The molecule has 2 aromatic carbocycles. The number of aromatic hydroxyl groups is 1. The molecule has 3 atom stereocenters. The van der Waals surface area contributed by atoms with Gasteiger partial charge in [-0.3, -0.25) is 14.5 Å². The first kappa shape index (κ1) is 29.7. The summed E-state index contributed by atoms with van der Waals surface area (Å²) in [5, 5.41) is 23.3. The molecule has 9 nitrogen and oxygen atoms in total. The number of hydrogen-bond donors (Lipinski definition) is 2. The Hall–Kier alpha value is -4.37. The number of rotatable bonds is 11. The molecule has 0 saturated carbocycles. The zero-order valence-corrected chi connectivity index (χ0v) is 25.4. The third-order valence-corrected chi connectivity index (χ3v) is 9.22. The molecule has 1 saturated heterocycles. The molecule has 2 N–H and O–H groups in total. The molecule has 1 unspecified atom stereocenters. The molecule has 0 aliphatic carbocycles. The molecule has 0 bridgehead atoms. The number of carboxylic acid groups (broad SMARTS) is 1. The number of carbonyl (C=O) groups is 2. The summed E-state index contributed by atoms with van der Waals surface area (Å²) in [6, 6.07) is 17.1. The molecule has 230 valence electrons. The van der Waals surface area contributed by atoms with Crippen LogP contribution in [0.15, 0.2) is 73.2 Å². The maximum Gasteiger partial charge on any atom is 0.308 e. The Bertz CT molecular complexity index is 1670. The van der Waals surface area contributed by atoms with Crippen molar-refractivity contribution >= 4 is 28.3 Å². The number of fused-ring (bicyclic) bond motifs is 2. The summed E-state index contributed by atoms with van der Waals surface area (Å²) < 4.78 is 9.44. The molecule has 9 heteroatoms. The van der Waals surface area contributed by atoms with Crippen molar-refractivity contribution in [3.8, 4) is 11.6 Å². The van der Waals surface area contributed by atoms with Crippen LogP contribution in [0.25, 0.3) is 10.8 Å². The first-order valence-electron chi connectivity index (χ1n) is 15.6. The fraction of sp³-hybridized carbons (Fsp3) is 0.400. The second kappa shape index (κ2) is 12.7. The van der Waals surface area contributed by atoms with E-state index in [1.165, 1.54) is 0 Å². The summed E-state index contributed by atoms with van der Waals surface area (Å²) in [6.45, 7) is 4.33. The van der Waals surface area contributed by atoms with E-state index in [-0.39, 0.29) is 24.2 Å². The molecule has 0 spiro atoms. The Labute approximate surface area is 257 Å². The van der Waals surface area contributed by atoms with Crippen molar-refractivity contribution in [3.05, 3.63) is 84.3 Å². The summed E-state index contributed by atoms with van der Waals surface area (Å²) in [7, 11) is 1.94. The first-order chi connectivity index (χ1) is 21.3. The molecule has 6 rings (SSSR count). The van der Waals surface area contributed by atoms with Crippen molar-refractivity contribution in [3.63, 3.8) is 0 Å². The maximum atomic E-state index is 14.0. The van der Waals surface area contributed by atoms with Gasteiger partial charge in [-0.1, -0.05) is 43.7 Å². The van der Waals surface area contributed by atoms with Crippen molar-refractivity contribution < 1.29 is 29.1 Å². The van der Waals surface area contributed by atoms with Gasteiger partial charge in [-0.15, -0.1) is 0 Å². The van der Waals surface area contributed by atoms with Crippen LogP contribution in [0.1, 0.15) is 43.2 Å². The minimum atomic E-state index is -0.869. The minimum Gasteiger partial charge on any atom is -0.494 e. The summed E-state index contributed by atoms with van der Waals surface area (Å²) >= 11 is 0. The van der Waals surface area contributed by atoms with Crippen LogP contribution in [0.4, 0.5) is 5.69 Å². The van der Waals surface area contributed by atoms with Gasteiger partial charge in [-0.25, -0.2) is 4.57 Å². The van der Waals surface area contributed by atoms with Gasteiger partial charge in [-0.05, 0) is 42.2 Å². The highest BCUT2D eigenvalue weighted by Crippen LogP contribution is 2.41. The lowest BCUT2D eigenvalue weighted by Gasteiger charge is -2.29. The van der Waals surface area contributed by atoms with Crippen molar-refractivity contribution in [2.75, 3.05) is 31.1 Å². The van der Waals surface area contributed by atoms with Gasteiger partial charge in [0.25, 0.3) is 0 Å². The predicted molar refractivity (Wildman–Crippen MR) is 168 cm³/mol. The van der Waals surface area contributed by atoms with Gasteiger partial charge >= 0.3 is 5.97 Å². The van der Waals surface area contributed by atoms with E-state index in [1.807, 2.05) is 83.6 Å². The topological polar surface area (TPSA) is 99.1 Å². The standard InChI is InChI=1S/C35H40N4O5/c1-3-4-16-39(27-9-7-15-36(2)21-27)32(40)23-38-22-29(24-11-12-31-25(19-24)14-18-44-31)33(35(42)43)30(38)13-17-37-20-26-8-5-6-10-28(26)34(37)41/h5-12,15,19-21,29-30,33H,3-4,13-14,16-18,22-23H2,1-2H3,(H-,41,42,43)/p+1/t29-,30+,33?/m1/s1. The number of aromatic nitrogens is 2. The normalized spacial score (nSPS) is 19.6. The number of pyridine rings is 1. The van der Waals surface area contributed by atoms with E-state index < -0.39 is 17.9 Å². The zero-order valence-electron chi connectivity index (χ0n) is 25.4. The van der Waals surface area contributed by atoms with Gasteiger partial charge in [0.2, 0.25) is 5.91 Å². The van der Waals surface area contributed by atoms with E-state index in [4.69, 9.17) is 4.74 Å². The fourth-order valence-electron chi connectivity index (χ4n) is 6.97. The Morgan fingerprint density at radius 3 is 2.75 bits per heavy atom. The van der Waals surface area contributed by atoms with E-state index in [0.29, 0.717) is 32.7 Å². The number of anilines is 1. The molecule has 4 aromatic rings. The van der Waals surface area contributed by atoms with Crippen LogP contribution in [0.3, 0.4) is 0 Å². The molecule has 2 aliphatic heterocycles. The fourth-order valence-corrected chi connectivity index (χ4v) is 6.97. The molecular weight excluding hydrogens is 556 g/mol. The van der Waals surface area contributed by atoms with Gasteiger partial charge in [0.1, 0.15) is 18.5 Å². The molecule has 1 amide bonds. The summed E-state index contributed by atoms with van der Waals surface area (Å²) in [5.41, 5.74) is 2.90. The van der Waals surface area contributed by atoms with Crippen LogP contribution >= 0.6 is 0 Å². The summed E-state index contributed by atoms with van der Waals surface area (Å²) in [4.78, 5) is 31.0. The quantitative estimate of drug-likeness (QED) is 0.247. The average Bonchev–Trinajstić information content (AvgIpc) is 3.71. The number of benzene rings is 2. The highest BCUT2D eigenvalue weighted by Gasteiger charge is 2.47. The number of unbranched alkanes of at least 4 members (excludes halogenated alkanes) is 1. The van der Waals surface area contributed by atoms with Crippen LogP contribution in [-0.2, 0) is 29.6 Å². The van der Waals surface area contributed by atoms with Crippen LogP contribution in [0.5, 0.6) is 11.6 Å². The number of hydrogen-bond acceptors (Lipinski definition) is 5. The maximum absolute atomic E-state index is 14.0. The molecule has 0 radical (unpaired) electrons. The number of aliphatic carboxylic acids is 1. The third kappa shape index (κ3) is 5.88. The highest BCUT2D eigenvalue weighted by atomic mass is 16.5. The number of amides is 1. The van der Waals surface area contributed by atoms with Crippen LogP contribution < -0.4 is 14.2 Å². The monoisotopic (exact) mass is 597 g/mol. The smallest absolute Gasteiger partial charge is 0.308 e. The lowest BCUT2D eigenvalue weighted by Crippen LogP contribution is -2.45. The van der Waals surface area contributed by atoms with E-state index in [9.17, 15) is 19.8 Å². The van der Waals surface area contributed by atoms with Crippen molar-refractivity contribution in [2.45, 2.75) is 51.1 Å². The van der Waals surface area contributed by atoms with E-state index in [0.717, 1.165) is 52.6 Å². The van der Waals surface area contributed by atoms with Crippen molar-refractivity contribution in [2.24, 2.45) is 13.0 Å². The summed E-state index contributed by atoms with van der Waals surface area (Å²) in [6.07, 6.45) is 8.89. The Morgan fingerprint density at radius 1 is 1.14 bits per heavy atom. The predicted octanol–water partition coefficient (Wildman–Crippen LogP) is 4.50. The van der Waals surface area contributed by atoms with Crippen LogP contribution in [-0.4, -0.2) is 63.8 Å². The molecule has 2 aliphatic rings. The highest BCUT2D eigenvalue weighted by molar-refractivity contribution is 5.94. The molecular formula is C35H41N4O5+. The second-order valence-electron chi connectivity index (χ2n) is 12.1. The number of ether oxygens (including phenoxy) is 1. The van der Waals surface area contributed by atoms with Gasteiger partial charge in [0, 0.05) is 61.1 Å². The van der Waals surface area contributed by atoms with Gasteiger partial charge in [0.05, 0.1) is 19.1 Å². The molecule has 44 heavy (non-hydrogen) atoms. The largest absolute Gasteiger partial charge is 0.494 e. The number of carbonyl (C=O) groups excluding carboxylic acids is 1. The van der Waals surface area contributed by atoms with E-state index in [1.54, 1.807) is 4.57 Å². The van der Waals surface area contributed by atoms with Gasteiger partial charge in [0.15, 0.2) is 18.3 Å². The van der Waals surface area contributed by atoms with Gasteiger partial charge < -0.3 is 24.4 Å². The molecule has 2 aromatic heterocycles. The number of nitrogens with zero attached hydrogens (tertiary/aromatic N) is 4. The van der Waals surface area contributed by atoms with Crippen molar-refractivity contribution in [1.29, 1.82) is 0 Å².